The highest BCUT2D eigenvalue weighted by atomic mass is 15.1. The molecule has 1 fully saturated rings. The van der Waals surface area contributed by atoms with E-state index in [1.165, 1.54) is 25.9 Å². The summed E-state index contributed by atoms with van der Waals surface area (Å²) < 4.78 is 0. The van der Waals surface area contributed by atoms with Gasteiger partial charge in [-0.15, -0.1) is 0 Å². The first-order valence-electron chi connectivity index (χ1n) is 6.89. The summed E-state index contributed by atoms with van der Waals surface area (Å²) in [5.41, 5.74) is 6.24. The molecule has 1 unspecified atom stereocenters. The van der Waals surface area contributed by atoms with E-state index >= 15 is 0 Å². The van der Waals surface area contributed by atoms with Crippen molar-refractivity contribution in [2.75, 3.05) is 33.2 Å². The molecule has 0 aromatic heterocycles. The summed E-state index contributed by atoms with van der Waals surface area (Å²) in [6.07, 6.45) is 2.71. The van der Waals surface area contributed by atoms with Gasteiger partial charge in [-0.25, -0.2) is 0 Å². The fraction of sp³-hybridized carbons (Fsp3) is 1.00. The van der Waals surface area contributed by atoms with Gasteiger partial charge in [0, 0.05) is 25.2 Å². The zero-order valence-corrected chi connectivity index (χ0v) is 12.3. The van der Waals surface area contributed by atoms with Gasteiger partial charge in [-0.05, 0) is 51.6 Å². The molecule has 102 valence electrons. The largest absolute Gasteiger partial charge is 0.324 e. The third-order valence-electron chi connectivity index (χ3n) is 3.89. The molecular formula is C14H31N3. The number of nitrogens with two attached hydrogens (primary N) is 1. The Bertz CT molecular complexity index is 230. The van der Waals surface area contributed by atoms with Crippen LogP contribution in [0.2, 0.25) is 0 Å². The maximum Gasteiger partial charge on any atom is 0.0223 e. The van der Waals surface area contributed by atoms with Gasteiger partial charge in [0.15, 0.2) is 0 Å². The van der Waals surface area contributed by atoms with E-state index in [4.69, 9.17) is 5.73 Å². The van der Waals surface area contributed by atoms with Crippen LogP contribution in [0, 0.1) is 11.3 Å². The van der Waals surface area contributed by atoms with Crippen molar-refractivity contribution in [2.45, 2.75) is 46.1 Å². The molecule has 3 nitrogen and oxygen atoms in total. The third-order valence-corrected chi connectivity index (χ3v) is 3.89. The Kier molecular flexibility index (Phi) is 4.99. The summed E-state index contributed by atoms with van der Waals surface area (Å²) in [4.78, 5) is 2.46. The summed E-state index contributed by atoms with van der Waals surface area (Å²) in [5.74, 6) is 0.801. The second kappa shape index (κ2) is 5.68. The van der Waals surface area contributed by atoms with Gasteiger partial charge in [-0.3, -0.25) is 0 Å². The lowest BCUT2D eigenvalue weighted by Gasteiger charge is -2.41. The highest BCUT2D eigenvalue weighted by Crippen LogP contribution is 2.32. The Labute approximate surface area is 107 Å². The molecule has 0 aromatic carbocycles. The van der Waals surface area contributed by atoms with Gasteiger partial charge in [0.2, 0.25) is 0 Å². The Morgan fingerprint density at radius 2 is 1.88 bits per heavy atom. The van der Waals surface area contributed by atoms with Gasteiger partial charge in [-0.2, -0.15) is 0 Å². The number of hydrogen-bond donors (Lipinski definition) is 2. The second-order valence-electron chi connectivity index (χ2n) is 7.18. The zero-order chi connectivity index (χ0) is 13.1. The topological polar surface area (TPSA) is 41.3 Å². The van der Waals surface area contributed by atoms with Crippen molar-refractivity contribution in [1.82, 2.24) is 10.2 Å². The van der Waals surface area contributed by atoms with Gasteiger partial charge in [0.1, 0.15) is 0 Å². The van der Waals surface area contributed by atoms with E-state index in [2.05, 4.69) is 45.0 Å². The van der Waals surface area contributed by atoms with Crippen LogP contribution in [0.5, 0.6) is 0 Å². The third kappa shape index (κ3) is 5.36. The lowest BCUT2D eigenvalue weighted by molar-refractivity contribution is 0.102. The number of nitrogens with one attached hydrogen (secondary N) is 1. The van der Waals surface area contributed by atoms with Crippen LogP contribution >= 0.6 is 0 Å². The smallest absolute Gasteiger partial charge is 0.0223 e. The van der Waals surface area contributed by atoms with Crippen molar-refractivity contribution >= 4 is 0 Å². The number of nitrogens with zero attached hydrogens (tertiary/aromatic N) is 1. The number of piperidine rings is 1. The van der Waals surface area contributed by atoms with E-state index in [9.17, 15) is 0 Å². The van der Waals surface area contributed by atoms with Crippen molar-refractivity contribution in [2.24, 2.45) is 17.1 Å². The molecule has 0 radical (unpaired) electrons. The van der Waals surface area contributed by atoms with E-state index in [0.717, 1.165) is 19.0 Å². The van der Waals surface area contributed by atoms with Gasteiger partial charge >= 0.3 is 0 Å². The first kappa shape index (κ1) is 14.9. The minimum atomic E-state index is -0.112. The van der Waals surface area contributed by atoms with Crippen molar-refractivity contribution in [3.8, 4) is 0 Å². The molecule has 0 saturated carbocycles. The van der Waals surface area contributed by atoms with Crippen molar-refractivity contribution < 1.29 is 0 Å². The van der Waals surface area contributed by atoms with Crippen LogP contribution in [0.25, 0.3) is 0 Å². The van der Waals surface area contributed by atoms with Crippen LogP contribution in [0.4, 0.5) is 0 Å². The molecule has 0 aromatic rings. The first-order chi connectivity index (χ1) is 7.71. The highest BCUT2D eigenvalue weighted by molar-refractivity contribution is 4.86. The molecule has 17 heavy (non-hydrogen) atoms. The van der Waals surface area contributed by atoms with Crippen molar-refractivity contribution in [3.05, 3.63) is 0 Å². The molecular weight excluding hydrogens is 210 g/mol. The Hall–Kier alpha value is -0.120. The van der Waals surface area contributed by atoms with Crippen molar-refractivity contribution in [1.29, 1.82) is 0 Å². The van der Waals surface area contributed by atoms with Crippen LogP contribution in [0.1, 0.15) is 40.5 Å². The van der Waals surface area contributed by atoms with E-state index in [0.29, 0.717) is 5.41 Å². The Morgan fingerprint density at radius 3 is 2.41 bits per heavy atom. The SMILES string of the molecule is CN1CCCC(C(C)(C)CNCC(C)(C)N)C1. The molecule has 3 heteroatoms. The average Bonchev–Trinajstić information content (AvgIpc) is 2.15. The van der Waals surface area contributed by atoms with Crippen LogP contribution in [-0.2, 0) is 0 Å². The molecule has 1 heterocycles. The summed E-state index contributed by atoms with van der Waals surface area (Å²) in [7, 11) is 2.23. The van der Waals surface area contributed by atoms with Gasteiger partial charge in [-0.1, -0.05) is 13.8 Å². The minimum absolute atomic E-state index is 0.112. The maximum absolute atomic E-state index is 5.99. The lowest BCUT2D eigenvalue weighted by Crippen LogP contribution is -2.48. The monoisotopic (exact) mass is 241 g/mol. The molecule has 1 aliphatic rings. The molecule has 3 N–H and O–H groups in total. The summed E-state index contributed by atoms with van der Waals surface area (Å²) in [6, 6.07) is 0. The number of rotatable bonds is 5. The predicted octanol–water partition coefficient (Wildman–Crippen LogP) is 1.68. The van der Waals surface area contributed by atoms with Crippen LogP contribution in [0.3, 0.4) is 0 Å². The van der Waals surface area contributed by atoms with Gasteiger partial charge in [0.25, 0.3) is 0 Å². The molecule has 1 saturated heterocycles. The molecule has 0 aliphatic carbocycles. The molecule has 1 atom stereocenters. The molecule has 0 spiro atoms. The first-order valence-corrected chi connectivity index (χ1v) is 6.89. The Morgan fingerprint density at radius 1 is 1.24 bits per heavy atom. The van der Waals surface area contributed by atoms with Crippen LogP contribution < -0.4 is 11.1 Å². The van der Waals surface area contributed by atoms with Crippen molar-refractivity contribution in [3.63, 3.8) is 0 Å². The maximum atomic E-state index is 5.99. The molecule has 0 bridgehead atoms. The van der Waals surface area contributed by atoms with E-state index in [-0.39, 0.29) is 5.54 Å². The fourth-order valence-corrected chi connectivity index (χ4v) is 2.66. The molecule has 0 amide bonds. The van der Waals surface area contributed by atoms with E-state index in [1.807, 2.05) is 0 Å². The molecule has 1 aliphatic heterocycles. The zero-order valence-electron chi connectivity index (χ0n) is 12.3. The number of likely N-dealkylation sites (tertiary alicyclic amines) is 1. The fourth-order valence-electron chi connectivity index (χ4n) is 2.66. The van der Waals surface area contributed by atoms with Crippen LogP contribution in [0.15, 0.2) is 0 Å². The van der Waals surface area contributed by atoms with E-state index < -0.39 is 0 Å². The second-order valence-corrected chi connectivity index (χ2v) is 7.18. The molecule has 1 rings (SSSR count). The quantitative estimate of drug-likeness (QED) is 0.769. The lowest BCUT2D eigenvalue weighted by atomic mass is 9.74. The summed E-state index contributed by atoms with van der Waals surface area (Å²) >= 11 is 0. The summed E-state index contributed by atoms with van der Waals surface area (Å²) in [5, 5.41) is 3.53. The van der Waals surface area contributed by atoms with Gasteiger partial charge < -0.3 is 16.0 Å². The van der Waals surface area contributed by atoms with Crippen LogP contribution in [-0.4, -0.2) is 43.7 Å². The normalized spacial score (nSPS) is 24.0. The van der Waals surface area contributed by atoms with E-state index in [1.54, 1.807) is 0 Å². The average molecular weight is 241 g/mol. The highest BCUT2D eigenvalue weighted by Gasteiger charge is 2.32. The standard InChI is InChI=1S/C14H31N3/c1-13(2,10-16-11-14(3,4)15)12-7-6-8-17(5)9-12/h12,16H,6-11,15H2,1-5H3. The predicted molar refractivity (Wildman–Crippen MR) is 75.1 cm³/mol. The minimum Gasteiger partial charge on any atom is -0.324 e. The number of hydrogen-bond acceptors (Lipinski definition) is 3. The van der Waals surface area contributed by atoms with Gasteiger partial charge in [0.05, 0.1) is 0 Å². The Balaban J connectivity index is 2.39. The summed E-state index contributed by atoms with van der Waals surface area (Å²) in [6.45, 7) is 13.4.